The lowest BCUT2D eigenvalue weighted by atomic mass is 9.85. The Bertz CT molecular complexity index is 1840. The van der Waals surface area contributed by atoms with Crippen molar-refractivity contribution < 1.29 is 18.9 Å². The lowest BCUT2D eigenvalue weighted by Gasteiger charge is -2.64. The Morgan fingerprint density at radius 1 is 0.370 bits per heavy atom. The summed E-state index contributed by atoms with van der Waals surface area (Å²) in [6.07, 6.45) is 2.83. The highest BCUT2D eigenvalue weighted by atomic mass is 31.1. The van der Waals surface area contributed by atoms with Crippen LogP contribution in [0.4, 0.5) is 0 Å². The van der Waals surface area contributed by atoms with Crippen molar-refractivity contribution >= 4 is 37.1 Å². The van der Waals surface area contributed by atoms with E-state index in [1.54, 1.807) is 0 Å². The molecule has 6 aromatic carbocycles. The van der Waals surface area contributed by atoms with Crippen LogP contribution in [0.5, 0.6) is 0 Å². The van der Waals surface area contributed by atoms with Gasteiger partial charge in [-0.1, -0.05) is 182 Å². The van der Waals surface area contributed by atoms with Crippen molar-refractivity contribution in [3.8, 4) is 0 Å². The minimum absolute atomic E-state index is 0.0713. The van der Waals surface area contributed by atoms with E-state index < -0.39 is 39.6 Å². The van der Waals surface area contributed by atoms with Gasteiger partial charge in [0.25, 0.3) is 0 Å². The summed E-state index contributed by atoms with van der Waals surface area (Å²) in [4.78, 5) is 0. The third-order valence-corrected chi connectivity index (χ3v) is 17.0. The molecule has 9 rings (SSSR count). The summed E-state index contributed by atoms with van der Waals surface area (Å²) in [5.74, 6) is -2.46. The van der Waals surface area contributed by atoms with Gasteiger partial charge in [0.2, 0.25) is 11.6 Å². The van der Waals surface area contributed by atoms with Gasteiger partial charge >= 0.3 is 0 Å². The van der Waals surface area contributed by atoms with Crippen molar-refractivity contribution in [3.63, 3.8) is 0 Å². The first-order chi connectivity index (χ1) is 26.8. The Kier molecular flexibility index (Phi) is 10.6. The molecule has 6 aromatic rings. The molecule has 0 bridgehead atoms. The first kappa shape index (κ1) is 35.7. The van der Waals surface area contributed by atoms with Gasteiger partial charge < -0.3 is 18.9 Å². The van der Waals surface area contributed by atoms with Crippen LogP contribution in [0.15, 0.2) is 182 Å². The second-order valence-electron chi connectivity index (χ2n) is 14.3. The number of ether oxygens (including phenoxy) is 4. The quantitative estimate of drug-likeness (QED) is 0.145. The van der Waals surface area contributed by atoms with E-state index >= 15 is 0 Å². The van der Waals surface area contributed by atoms with E-state index in [4.69, 9.17) is 18.9 Å². The highest BCUT2D eigenvalue weighted by Gasteiger charge is 2.72. The fourth-order valence-corrected chi connectivity index (χ4v) is 15.1. The molecule has 0 aliphatic carbocycles. The third kappa shape index (κ3) is 6.58. The zero-order chi connectivity index (χ0) is 36.2. The molecule has 2 spiro atoms. The molecular formula is C48H46O4P2. The van der Waals surface area contributed by atoms with Crippen LogP contribution in [0.1, 0.15) is 49.0 Å². The predicted molar refractivity (Wildman–Crippen MR) is 222 cm³/mol. The highest BCUT2D eigenvalue weighted by Crippen LogP contribution is 2.66. The van der Waals surface area contributed by atoms with Crippen molar-refractivity contribution in [2.75, 3.05) is 13.2 Å². The van der Waals surface area contributed by atoms with Crippen LogP contribution >= 0.6 is 15.8 Å². The van der Waals surface area contributed by atoms with E-state index in [0.29, 0.717) is 13.2 Å². The van der Waals surface area contributed by atoms with E-state index in [1.165, 1.54) is 21.2 Å². The number of fused-ring (bicyclic) bond motifs is 1. The van der Waals surface area contributed by atoms with Crippen molar-refractivity contribution in [1.82, 2.24) is 0 Å². The maximum absolute atomic E-state index is 8.00. The summed E-state index contributed by atoms with van der Waals surface area (Å²) >= 11 is 0. The highest BCUT2D eigenvalue weighted by molar-refractivity contribution is 7.74. The fourth-order valence-electron chi connectivity index (χ4n) is 8.87. The maximum atomic E-state index is 8.00. The van der Waals surface area contributed by atoms with Gasteiger partial charge in [-0.2, -0.15) is 0 Å². The van der Waals surface area contributed by atoms with Crippen LogP contribution in [0, 0.1) is 0 Å². The van der Waals surface area contributed by atoms with Crippen LogP contribution in [0.3, 0.4) is 0 Å². The molecule has 0 saturated carbocycles. The molecule has 54 heavy (non-hydrogen) atoms. The van der Waals surface area contributed by atoms with Crippen molar-refractivity contribution in [3.05, 3.63) is 193 Å². The van der Waals surface area contributed by atoms with E-state index in [-0.39, 0.29) is 11.3 Å². The lowest BCUT2D eigenvalue weighted by molar-refractivity contribution is -0.481. The van der Waals surface area contributed by atoms with E-state index in [9.17, 15) is 0 Å². The van der Waals surface area contributed by atoms with Gasteiger partial charge in [0.15, 0.2) is 0 Å². The van der Waals surface area contributed by atoms with Gasteiger partial charge in [-0.25, -0.2) is 0 Å². The topological polar surface area (TPSA) is 36.9 Å². The van der Waals surface area contributed by atoms with Crippen molar-refractivity contribution in [2.24, 2.45) is 0 Å². The molecule has 3 saturated heterocycles. The Hall–Kier alpha value is -3.98. The number of benzene rings is 6. The molecule has 3 aliphatic heterocycles. The number of hydrogen-bond donors (Lipinski definition) is 0. The molecule has 3 aliphatic rings. The van der Waals surface area contributed by atoms with E-state index in [0.717, 1.165) is 36.8 Å². The number of rotatable bonds is 8. The molecule has 272 valence electrons. The average Bonchev–Trinajstić information content (AvgIpc) is 3.25. The molecule has 0 N–H and O–H groups in total. The average molecular weight is 749 g/mol. The first-order valence-corrected chi connectivity index (χ1v) is 22.1. The van der Waals surface area contributed by atoms with Crippen LogP contribution in [-0.4, -0.2) is 36.1 Å². The molecule has 0 aromatic heterocycles. The van der Waals surface area contributed by atoms with Crippen LogP contribution in [0.2, 0.25) is 0 Å². The van der Waals surface area contributed by atoms with Crippen LogP contribution < -0.4 is 21.2 Å². The molecule has 0 radical (unpaired) electrons. The van der Waals surface area contributed by atoms with Gasteiger partial charge in [0.05, 0.1) is 13.2 Å². The van der Waals surface area contributed by atoms with Crippen LogP contribution in [-0.2, 0) is 18.9 Å². The van der Waals surface area contributed by atoms with Crippen LogP contribution in [0.25, 0.3) is 0 Å². The summed E-state index contributed by atoms with van der Waals surface area (Å²) < 4.78 is 31.0. The first-order valence-electron chi connectivity index (χ1n) is 19.3. The van der Waals surface area contributed by atoms with E-state index in [1.807, 2.05) is 0 Å². The summed E-state index contributed by atoms with van der Waals surface area (Å²) in [6, 6.07) is 65.3. The van der Waals surface area contributed by atoms with Gasteiger partial charge in [0.1, 0.15) is 12.2 Å². The number of hydrogen-bond acceptors (Lipinski definition) is 4. The Balaban J connectivity index is 1.32. The second kappa shape index (κ2) is 16.0. The lowest BCUT2D eigenvalue weighted by Crippen LogP contribution is -2.76. The monoisotopic (exact) mass is 748 g/mol. The standard InChI is InChI=1S/C48H46O4P2/c1-7-21-37(22-8-1)45-46(38-23-9-2-10-24-38)52-48(44(34-20-36-50-48)54(41-29-15-5-16-30-41)42-31-17-6-18-32-42)47(51-45)43(33-19-35-49-47)53(39-25-11-3-12-26-39)40-27-13-4-14-28-40/h1-18,21-32,43-46H,19-20,33-36H2/t43-,44-,45+,46+,47-,48?/m1/s1. The SMILES string of the molecule is c1ccc([C@@H]2OC3(OCCC[C@H]3P(c3ccccc3)c3ccccc3)[C@]3(OCCC[C@H]3P(c3ccccc3)c3ccccc3)O[C@H]2c2ccccc2)cc1. The Morgan fingerprint density at radius 2 is 0.648 bits per heavy atom. The summed E-state index contributed by atoms with van der Waals surface area (Å²) in [7, 11) is -1.99. The Labute approximate surface area is 322 Å². The molecular weight excluding hydrogens is 702 g/mol. The molecule has 4 nitrogen and oxygen atoms in total. The molecule has 1 unspecified atom stereocenters. The molecule has 3 heterocycles. The minimum atomic E-state index is -1.23. The third-order valence-electron chi connectivity index (χ3n) is 11.1. The molecule has 6 heteroatoms. The van der Waals surface area contributed by atoms with Gasteiger partial charge in [0, 0.05) is 11.3 Å². The predicted octanol–water partition coefficient (Wildman–Crippen LogP) is 9.53. The van der Waals surface area contributed by atoms with Crippen molar-refractivity contribution in [1.29, 1.82) is 0 Å². The Morgan fingerprint density at radius 3 is 0.944 bits per heavy atom. The molecule has 0 amide bonds. The second-order valence-corrected chi connectivity index (χ2v) is 19.1. The van der Waals surface area contributed by atoms with E-state index in [2.05, 4.69) is 182 Å². The largest absolute Gasteiger partial charge is 0.345 e. The molecule has 6 atom stereocenters. The summed E-state index contributed by atoms with van der Waals surface area (Å²) in [6.45, 7) is 1.13. The smallest absolute Gasteiger partial charge is 0.232 e. The fraction of sp³-hybridized carbons (Fsp3) is 0.250. The summed E-state index contributed by atoms with van der Waals surface area (Å²) in [5, 5.41) is 5.20. The zero-order valence-electron chi connectivity index (χ0n) is 30.4. The van der Waals surface area contributed by atoms with Crippen molar-refractivity contribution in [2.45, 2.75) is 60.8 Å². The van der Waals surface area contributed by atoms with Gasteiger partial charge in [-0.15, -0.1) is 0 Å². The minimum Gasteiger partial charge on any atom is -0.345 e. The molecule has 3 fully saturated rings. The van der Waals surface area contributed by atoms with Gasteiger partial charge in [-0.05, 0) is 73.9 Å². The maximum Gasteiger partial charge on any atom is 0.232 e. The van der Waals surface area contributed by atoms with Gasteiger partial charge in [-0.3, -0.25) is 0 Å². The zero-order valence-corrected chi connectivity index (χ0v) is 32.2. The normalized spacial score (nSPS) is 27.0. The summed E-state index contributed by atoms with van der Waals surface area (Å²) in [5.41, 5.74) is 1.99.